The monoisotopic (exact) mass is 359 g/mol. The predicted molar refractivity (Wildman–Crippen MR) is 91.3 cm³/mol. The maximum Gasteiger partial charge on any atom is 0.317 e. The second-order valence-electron chi connectivity index (χ2n) is 7.32. The number of rotatable bonds is 4. The number of urea groups is 1. The van der Waals surface area contributed by atoms with E-state index < -0.39 is 10.0 Å². The van der Waals surface area contributed by atoms with Crippen molar-refractivity contribution in [3.63, 3.8) is 0 Å². The maximum atomic E-state index is 12.2. The average Bonchev–Trinajstić information content (AvgIpc) is 3.32. The number of piperidine rings is 1. The summed E-state index contributed by atoms with van der Waals surface area (Å²) in [5.74, 6) is 0. The van der Waals surface area contributed by atoms with Crippen LogP contribution in [0.25, 0.3) is 0 Å². The first kappa shape index (κ1) is 17.9. The Morgan fingerprint density at radius 3 is 2.46 bits per heavy atom. The Bertz CT molecular complexity index is 568. The normalized spacial score (nSPS) is 27.5. The predicted octanol–water partition coefficient (Wildman–Crippen LogP) is 1.15. The summed E-state index contributed by atoms with van der Waals surface area (Å²) in [5, 5.41) is 2.84. The number of nitrogens with zero attached hydrogens (tertiary/aromatic N) is 2. The minimum atomic E-state index is -3.18. The summed E-state index contributed by atoms with van der Waals surface area (Å²) in [6.45, 7) is 4.48. The first-order valence-electron chi connectivity index (χ1n) is 9.00. The van der Waals surface area contributed by atoms with Crippen molar-refractivity contribution in [2.45, 2.75) is 63.1 Å². The zero-order valence-electron chi connectivity index (χ0n) is 14.7. The van der Waals surface area contributed by atoms with Crippen molar-refractivity contribution in [1.82, 2.24) is 14.5 Å². The van der Waals surface area contributed by atoms with E-state index in [4.69, 9.17) is 4.74 Å². The molecule has 2 aliphatic heterocycles. The standard InChI is InChI=1S/C16H29N3O4S/c1-3-17-15(20)18-9-7-16(8-10-18)12-14(6-11-23-16)19(13-4-5-13)24(2,21)22/h13-14H,3-12H2,1-2H3,(H,17,20). The number of carbonyl (C=O) groups excluding carboxylic acids is 1. The summed E-state index contributed by atoms with van der Waals surface area (Å²) in [7, 11) is -3.18. The van der Waals surface area contributed by atoms with Crippen LogP contribution in [-0.4, -0.2) is 73.8 Å². The summed E-state index contributed by atoms with van der Waals surface area (Å²) in [6, 6.07) is 0.211. The molecule has 0 aromatic heterocycles. The van der Waals surface area contributed by atoms with Crippen LogP contribution in [0.3, 0.4) is 0 Å². The maximum absolute atomic E-state index is 12.2. The molecule has 0 bridgehead atoms. The van der Waals surface area contributed by atoms with Gasteiger partial charge < -0.3 is 15.0 Å². The van der Waals surface area contributed by atoms with Gasteiger partial charge in [0.2, 0.25) is 10.0 Å². The van der Waals surface area contributed by atoms with E-state index in [1.54, 1.807) is 4.31 Å². The highest BCUT2D eigenvalue weighted by Gasteiger charge is 2.47. The molecule has 1 aliphatic carbocycles. The fourth-order valence-corrected chi connectivity index (χ4v) is 5.59. The third-order valence-electron chi connectivity index (χ3n) is 5.41. The second kappa shape index (κ2) is 6.80. The molecule has 138 valence electrons. The average molecular weight is 359 g/mol. The zero-order chi connectivity index (χ0) is 17.4. The number of ether oxygens (including phenoxy) is 1. The van der Waals surface area contributed by atoms with Crippen molar-refractivity contribution in [2.75, 3.05) is 32.5 Å². The molecule has 8 heteroatoms. The molecule has 0 aromatic carbocycles. The van der Waals surface area contributed by atoms with E-state index in [1.807, 2.05) is 11.8 Å². The molecular weight excluding hydrogens is 330 g/mol. The number of nitrogens with one attached hydrogen (secondary N) is 1. The van der Waals surface area contributed by atoms with Gasteiger partial charge in [-0.25, -0.2) is 13.2 Å². The van der Waals surface area contributed by atoms with E-state index in [0.717, 1.165) is 38.5 Å². The molecule has 7 nitrogen and oxygen atoms in total. The first-order chi connectivity index (χ1) is 11.3. The quantitative estimate of drug-likeness (QED) is 0.817. The molecule has 1 unspecified atom stereocenters. The van der Waals surface area contributed by atoms with Gasteiger partial charge in [-0.15, -0.1) is 0 Å². The summed E-state index contributed by atoms with van der Waals surface area (Å²) < 4.78 is 32.3. The van der Waals surface area contributed by atoms with Gasteiger partial charge in [0, 0.05) is 38.3 Å². The summed E-state index contributed by atoms with van der Waals surface area (Å²) in [6.07, 6.45) is 6.35. The van der Waals surface area contributed by atoms with E-state index in [1.165, 1.54) is 6.26 Å². The molecule has 2 amide bonds. The molecule has 1 spiro atoms. The lowest BCUT2D eigenvalue weighted by atomic mass is 9.82. The Kier molecular flexibility index (Phi) is 5.09. The number of sulfonamides is 1. The van der Waals surface area contributed by atoms with E-state index in [0.29, 0.717) is 26.2 Å². The van der Waals surface area contributed by atoms with Crippen molar-refractivity contribution >= 4 is 16.1 Å². The molecule has 1 N–H and O–H groups in total. The van der Waals surface area contributed by atoms with Gasteiger partial charge in [-0.05, 0) is 45.4 Å². The van der Waals surface area contributed by atoms with E-state index in [-0.39, 0.29) is 23.7 Å². The highest BCUT2D eigenvalue weighted by atomic mass is 32.2. The van der Waals surface area contributed by atoms with Crippen molar-refractivity contribution in [3.8, 4) is 0 Å². The lowest BCUT2D eigenvalue weighted by Gasteiger charge is -2.48. The van der Waals surface area contributed by atoms with Gasteiger partial charge in [-0.3, -0.25) is 0 Å². The molecule has 24 heavy (non-hydrogen) atoms. The van der Waals surface area contributed by atoms with Gasteiger partial charge in [-0.1, -0.05) is 0 Å². The minimum absolute atomic E-state index is 0.0181. The SMILES string of the molecule is CCNC(=O)N1CCC2(CC1)CC(N(C1CC1)S(C)(=O)=O)CCO2. The van der Waals surface area contributed by atoms with Gasteiger partial charge in [-0.2, -0.15) is 4.31 Å². The number of likely N-dealkylation sites (tertiary alicyclic amines) is 1. The molecule has 2 saturated heterocycles. The van der Waals surface area contributed by atoms with E-state index >= 15 is 0 Å². The van der Waals surface area contributed by atoms with Crippen LogP contribution in [0, 0.1) is 0 Å². The van der Waals surface area contributed by atoms with Crippen LogP contribution in [0.4, 0.5) is 4.79 Å². The molecule has 2 heterocycles. The number of hydrogen-bond acceptors (Lipinski definition) is 4. The van der Waals surface area contributed by atoms with Crippen molar-refractivity contribution in [1.29, 1.82) is 0 Å². The number of carbonyl (C=O) groups is 1. The Hall–Kier alpha value is -0.860. The van der Waals surface area contributed by atoms with Gasteiger partial charge in [0.25, 0.3) is 0 Å². The van der Waals surface area contributed by atoms with Crippen LogP contribution in [-0.2, 0) is 14.8 Å². The zero-order valence-corrected chi connectivity index (χ0v) is 15.5. The van der Waals surface area contributed by atoms with Crippen molar-refractivity contribution < 1.29 is 17.9 Å². The van der Waals surface area contributed by atoms with Gasteiger partial charge in [0.05, 0.1) is 11.9 Å². The Balaban J connectivity index is 1.64. The minimum Gasteiger partial charge on any atom is -0.375 e. The lowest BCUT2D eigenvalue weighted by Crippen LogP contribution is -2.56. The molecule has 1 saturated carbocycles. The molecule has 0 radical (unpaired) electrons. The third kappa shape index (κ3) is 3.86. The van der Waals surface area contributed by atoms with Gasteiger partial charge in [0.1, 0.15) is 0 Å². The van der Waals surface area contributed by atoms with Crippen LogP contribution >= 0.6 is 0 Å². The molecular formula is C16H29N3O4S. The van der Waals surface area contributed by atoms with Gasteiger partial charge in [0.15, 0.2) is 0 Å². The summed E-state index contributed by atoms with van der Waals surface area (Å²) >= 11 is 0. The van der Waals surface area contributed by atoms with Crippen LogP contribution in [0.5, 0.6) is 0 Å². The molecule has 3 rings (SSSR count). The van der Waals surface area contributed by atoms with Crippen LogP contribution in [0.1, 0.15) is 45.4 Å². The highest BCUT2D eigenvalue weighted by Crippen LogP contribution is 2.40. The second-order valence-corrected chi connectivity index (χ2v) is 9.21. The lowest BCUT2D eigenvalue weighted by molar-refractivity contribution is -0.122. The van der Waals surface area contributed by atoms with Crippen LogP contribution in [0.2, 0.25) is 0 Å². The van der Waals surface area contributed by atoms with Crippen molar-refractivity contribution in [2.24, 2.45) is 0 Å². The fraction of sp³-hybridized carbons (Fsp3) is 0.938. The molecule has 1 atom stereocenters. The van der Waals surface area contributed by atoms with E-state index in [2.05, 4.69) is 5.32 Å². The molecule has 3 fully saturated rings. The largest absolute Gasteiger partial charge is 0.375 e. The first-order valence-corrected chi connectivity index (χ1v) is 10.8. The van der Waals surface area contributed by atoms with Gasteiger partial charge >= 0.3 is 6.03 Å². The Morgan fingerprint density at radius 2 is 1.92 bits per heavy atom. The summed E-state index contributed by atoms with van der Waals surface area (Å²) in [4.78, 5) is 13.8. The Morgan fingerprint density at radius 1 is 1.25 bits per heavy atom. The fourth-order valence-electron chi connectivity index (χ4n) is 4.12. The van der Waals surface area contributed by atoms with Crippen molar-refractivity contribution in [3.05, 3.63) is 0 Å². The smallest absolute Gasteiger partial charge is 0.317 e. The number of amides is 2. The Labute approximate surface area is 144 Å². The highest BCUT2D eigenvalue weighted by molar-refractivity contribution is 7.88. The topological polar surface area (TPSA) is 79.0 Å². The van der Waals surface area contributed by atoms with E-state index in [9.17, 15) is 13.2 Å². The van der Waals surface area contributed by atoms with Crippen LogP contribution in [0.15, 0.2) is 0 Å². The number of hydrogen-bond donors (Lipinski definition) is 1. The molecule has 0 aromatic rings. The molecule has 3 aliphatic rings. The van der Waals surface area contributed by atoms with Crippen LogP contribution < -0.4 is 5.32 Å². The summed E-state index contributed by atoms with van der Waals surface area (Å²) in [5.41, 5.74) is -0.274. The third-order valence-corrected chi connectivity index (χ3v) is 6.77.